The van der Waals surface area contributed by atoms with E-state index < -0.39 is 0 Å². The van der Waals surface area contributed by atoms with Crippen LogP contribution in [0.25, 0.3) is 0 Å². The molecule has 1 saturated carbocycles. The van der Waals surface area contributed by atoms with Crippen LogP contribution in [-0.4, -0.2) is 37.1 Å². The van der Waals surface area contributed by atoms with Gasteiger partial charge < -0.3 is 10.2 Å². The van der Waals surface area contributed by atoms with Crippen LogP contribution in [0.5, 0.6) is 0 Å². The molecule has 3 unspecified atom stereocenters. The van der Waals surface area contributed by atoms with E-state index in [0.717, 1.165) is 18.0 Å². The summed E-state index contributed by atoms with van der Waals surface area (Å²) in [6.07, 6.45) is 4.07. The third-order valence-electron chi connectivity index (χ3n) is 4.18. The van der Waals surface area contributed by atoms with Crippen LogP contribution >= 0.6 is 0 Å². The van der Waals surface area contributed by atoms with Crippen molar-refractivity contribution in [2.45, 2.75) is 52.1 Å². The highest BCUT2D eigenvalue weighted by Crippen LogP contribution is 2.41. The molecule has 0 amide bonds. The minimum Gasteiger partial charge on any atom is -0.310 e. The molecule has 0 bridgehead atoms. The summed E-state index contributed by atoms with van der Waals surface area (Å²) in [6.45, 7) is 9.73. The number of hydrogen-bond acceptors (Lipinski definition) is 2. The Morgan fingerprint density at radius 1 is 1.27 bits per heavy atom. The fourth-order valence-electron chi connectivity index (χ4n) is 3.49. The van der Waals surface area contributed by atoms with Gasteiger partial charge in [0.15, 0.2) is 0 Å². The first-order valence-electron chi connectivity index (χ1n) is 6.41. The minimum absolute atomic E-state index is 0.557. The lowest BCUT2D eigenvalue weighted by Gasteiger charge is -2.23. The second-order valence-corrected chi connectivity index (χ2v) is 6.57. The van der Waals surface area contributed by atoms with Crippen molar-refractivity contribution >= 4 is 0 Å². The Morgan fingerprint density at radius 2 is 2.00 bits per heavy atom. The summed E-state index contributed by atoms with van der Waals surface area (Å²) in [5, 5.41) is 3.87. The van der Waals surface area contributed by atoms with Crippen LogP contribution in [-0.2, 0) is 0 Å². The number of likely N-dealkylation sites (N-methyl/N-ethyl adjacent to an activating group) is 1. The van der Waals surface area contributed by atoms with E-state index in [4.69, 9.17) is 0 Å². The molecule has 3 atom stereocenters. The van der Waals surface area contributed by atoms with Gasteiger partial charge in [0.25, 0.3) is 0 Å². The first-order chi connectivity index (χ1) is 6.96. The van der Waals surface area contributed by atoms with Crippen LogP contribution in [0.4, 0.5) is 0 Å². The molecule has 2 heteroatoms. The van der Waals surface area contributed by atoms with Crippen molar-refractivity contribution < 1.29 is 0 Å². The van der Waals surface area contributed by atoms with Crippen molar-refractivity contribution in [3.05, 3.63) is 0 Å². The third-order valence-corrected chi connectivity index (χ3v) is 4.18. The van der Waals surface area contributed by atoms with Gasteiger partial charge in [0, 0.05) is 18.6 Å². The van der Waals surface area contributed by atoms with Crippen LogP contribution in [0.3, 0.4) is 0 Å². The molecule has 0 radical (unpaired) electrons. The smallest absolute Gasteiger partial charge is 0.0209 e. The maximum atomic E-state index is 3.87. The van der Waals surface area contributed by atoms with Crippen molar-refractivity contribution in [3.8, 4) is 0 Å². The number of nitrogens with one attached hydrogen (secondary N) is 1. The van der Waals surface area contributed by atoms with Gasteiger partial charge in [0.05, 0.1) is 0 Å². The maximum absolute atomic E-state index is 3.87. The fraction of sp³-hybridized carbons (Fsp3) is 1.00. The molecule has 0 spiro atoms. The molecule has 1 saturated heterocycles. The van der Waals surface area contributed by atoms with E-state index in [2.05, 4.69) is 38.0 Å². The van der Waals surface area contributed by atoms with Gasteiger partial charge >= 0.3 is 0 Å². The molecule has 1 aliphatic heterocycles. The molecule has 2 nitrogen and oxygen atoms in total. The lowest BCUT2D eigenvalue weighted by Crippen LogP contribution is -2.41. The van der Waals surface area contributed by atoms with Crippen molar-refractivity contribution in [1.29, 1.82) is 0 Å². The molecule has 1 aliphatic carbocycles. The molecule has 2 rings (SSSR count). The van der Waals surface area contributed by atoms with Crippen LogP contribution in [0.15, 0.2) is 0 Å². The number of nitrogens with zero attached hydrogens (tertiary/aromatic N) is 1. The summed E-state index contributed by atoms with van der Waals surface area (Å²) in [5.74, 6) is 0.853. The van der Waals surface area contributed by atoms with Gasteiger partial charge in [0.2, 0.25) is 0 Å². The molecule has 1 heterocycles. The average Bonchev–Trinajstić information content (AvgIpc) is 2.58. The highest BCUT2D eigenvalue weighted by atomic mass is 15.2. The van der Waals surface area contributed by atoms with Gasteiger partial charge in [-0.3, -0.25) is 0 Å². The van der Waals surface area contributed by atoms with E-state index in [-0.39, 0.29) is 0 Å². The zero-order chi connectivity index (χ0) is 11.1. The van der Waals surface area contributed by atoms with E-state index in [1.54, 1.807) is 0 Å². The van der Waals surface area contributed by atoms with Gasteiger partial charge in [-0.25, -0.2) is 0 Å². The summed E-state index contributed by atoms with van der Waals surface area (Å²) in [4.78, 5) is 2.43. The van der Waals surface area contributed by atoms with Gasteiger partial charge in [-0.15, -0.1) is 0 Å². The van der Waals surface area contributed by atoms with Gasteiger partial charge in [-0.05, 0) is 44.2 Å². The van der Waals surface area contributed by atoms with Crippen LogP contribution in [0, 0.1) is 11.3 Å². The third kappa shape index (κ3) is 2.73. The second kappa shape index (κ2) is 4.06. The predicted octanol–water partition coefficient (Wildman–Crippen LogP) is 2.10. The Labute approximate surface area is 94.4 Å². The summed E-state index contributed by atoms with van der Waals surface area (Å²) in [7, 11) is 2.23. The molecular weight excluding hydrogens is 184 g/mol. The van der Waals surface area contributed by atoms with E-state index in [1.165, 1.54) is 32.4 Å². The van der Waals surface area contributed by atoms with Crippen LogP contribution in [0.1, 0.15) is 40.0 Å². The Bertz CT molecular complexity index is 225. The van der Waals surface area contributed by atoms with E-state index in [9.17, 15) is 0 Å². The quantitative estimate of drug-likeness (QED) is 0.751. The molecule has 2 aliphatic rings. The highest BCUT2D eigenvalue weighted by Gasteiger charge is 2.37. The average molecular weight is 210 g/mol. The summed E-state index contributed by atoms with van der Waals surface area (Å²) in [6, 6.07) is 1.51. The monoisotopic (exact) mass is 210 g/mol. The molecule has 0 aromatic heterocycles. The van der Waals surface area contributed by atoms with Gasteiger partial charge in [-0.1, -0.05) is 20.8 Å². The van der Waals surface area contributed by atoms with E-state index in [1.807, 2.05) is 0 Å². The molecule has 15 heavy (non-hydrogen) atoms. The first kappa shape index (κ1) is 11.4. The molecule has 88 valence electrons. The minimum atomic E-state index is 0.557. The Kier molecular flexibility index (Phi) is 3.09. The summed E-state index contributed by atoms with van der Waals surface area (Å²) < 4.78 is 0. The highest BCUT2D eigenvalue weighted by molar-refractivity contribution is 4.94. The summed E-state index contributed by atoms with van der Waals surface area (Å²) in [5.41, 5.74) is 0.557. The molecule has 0 aromatic rings. The first-order valence-corrected chi connectivity index (χ1v) is 6.41. The molecule has 0 aromatic carbocycles. The Morgan fingerprint density at radius 3 is 2.47 bits per heavy atom. The topological polar surface area (TPSA) is 15.3 Å². The zero-order valence-electron chi connectivity index (χ0n) is 10.7. The van der Waals surface area contributed by atoms with Gasteiger partial charge in [-0.2, -0.15) is 0 Å². The second-order valence-electron chi connectivity index (χ2n) is 6.57. The lowest BCUT2D eigenvalue weighted by atomic mass is 9.91. The SMILES string of the molecule is CC1CC(C)(C)CC1NC1CCN(C)C1. The Hall–Kier alpha value is -0.0800. The van der Waals surface area contributed by atoms with Crippen molar-refractivity contribution in [2.75, 3.05) is 20.1 Å². The molecule has 2 fully saturated rings. The Balaban J connectivity index is 1.85. The van der Waals surface area contributed by atoms with Crippen LogP contribution < -0.4 is 5.32 Å². The standard InChI is InChI=1S/C13H26N2/c1-10-7-13(2,3)8-12(10)14-11-5-6-15(4)9-11/h10-12,14H,5-9H2,1-4H3. The molecular formula is C13H26N2. The normalized spacial score (nSPS) is 41.2. The van der Waals surface area contributed by atoms with Crippen molar-refractivity contribution in [1.82, 2.24) is 10.2 Å². The van der Waals surface area contributed by atoms with E-state index in [0.29, 0.717) is 5.41 Å². The zero-order valence-corrected chi connectivity index (χ0v) is 10.7. The maximum Gasteiger partial charge on any atom is 0.0209 e. The molecule has 1 N–H and O–H groups in total. The summed E-state index contributed by atoms with van der Waals surface area (Å²) >= 11 is 0. The van der Waals surface area contributed by atoms with Crippen molar-refractivity contribution in [2.24, 2.45) is 11.3 Å². The van der Waals surface area contributed by atoms with E-state index >= 15 is 0 Å². The van der Waals surface area contributed by atoms with Crippen molar-refractivity contribution in [3.63, 3.8) is 0 Å². The fourth-order valence-corrected chi connectivity index (χ4v) is 3.49. The number of hydrogen-bond donors (Lipinski definition) is 1. The number of likely N-dealkylation sites (tertiary alicyclic amines) is 1. The number of rotatable bonds is 2. The lowest BCUT2D eigenvalue weighted by molar-refractivity contribution is 0.342. The predicted molar refractivity (Wildman–Crippen MR) is 65.0 cm³/mol. The van der Waals surface area contributed by atoms with Gasteiger partial charge in [0.1, 0.15) is 0 Å². The van der Waals surface area contributed by atoms with Crippen LogP contribution in [0.2, 0.25) is 0 Å². The largest absolute Gasteiger partial charge is 0.310 e.